The molecule has 228 valence electrons. The standard InChI is InChI=1S/C48H30O/c1-3-14-31(15-4-1)36-27-26-35(29-42(36)32-16-5-2-6-17-32)46-37-20-9-11-22-39(37)47(40-23-12-10-21-38(40)46)41-24-13-25-44-48(41)43-28-33-18-7-8-19-34(33)30-45(43)49-44/h1-30H. The van der Waals surface area contributed by atoms with Crippen molar-refractivity contribution in [1.82, 2.24) is 0 Å². The van der Waals surface area contributed by atoms with Crippen molar-refractivity contribution in [3.63, 3.8) is 0 Å². The van der Waals surface area contributed by atoms with E-state index in [9.17, 15) is 0 Å². The van der Waals surface area contributed by atoms with Gasteiger partial charge in [0.25, 0.3) is 0 Å². The van der Waals surface area contributed by atoms with Crippen LogP contribution < -0.4 is 0 Å². The Morgan fingerprint density at radius 2 is 0.837 bits per heavy atom. The van der Waals surface area contributed by atoms with Crippen molar-refractivity contribution >= 4 is 54.3 Å². The fourth-order valence-electron chi connectivity index (χ4n) is 7.88. The van der Waals surface area contributed by atoms with Crippen molar-refractivity contribution in [3.05, 3.63) is 182 Å². The minimum Gasteiger partial charge on any atom is -0.456 e. The monoisotopic (exact) mass is 622 g/mol. The van der Waals surface area contributed by atoms with E-state index in [0.29, 0.717) is 0 Å². The van der Waals surface area contributed by atoms with Crippen LogP contribution in [0.15, 0.2) is 186 Å². The third kappa shape index (κ3) is 4.40. The number of fused-ring (bicyclic) bond motifs is 6. The van der Waals surface area contributed by atoms with Gasteiger partial charge in [0, 0.05) is 10.8 Å². The molecule has 1 heteroatoms. The summed E-state index contributed by atoms with van der Waals surface area (Å²) in [5, 5.41) is 9.63. The number of benzene rings is 9. The van der Waals surface area contributed by atoms with Gasteiger partial charge in [0.1, 0.15) is 11.2 Å². The van der Waals surface area contributed by atoms with E-state index in [0.717, 1.165) is 21.9 Å². The summed E-state index contributed by atoms with van der Waals surface area (Å²) < 4.78 is 6.54. The molecule has 0 saturated carbocycles. The minimum atomic E-state index is 0.907. The highest BCUT2D eigenvalue weighted by atomic mass is 16.3. The summed E-state index contributed by atoms with van der Waals surface area (Å²) in [6.07, 6.45) is 0. The SMILES string of the molecule is c1ccc(-c2ccc(-c3c4ccccc4c(-c4cccc5oc6cc7ccccc7cc6c45)c4ccccc34)cc2-c2ccccc2)cc1. The van der Waals surface area contributed by atoms with Gasteiger partial charge in [-0.1, -0.05) is 158 Å². The lowest BCUT2D eigenvalue weighted by molar-refractivity contribution is 0.669. The van der Waals surface area contributed by atoms with Gasteiger partial charge >= 0.3 is 0 Å². The molecule has 0 N–H and O–H groups in total. The molecule has 0 aliphatic rings. The molecule has 1 aromatic heterocycles. The molecule has 0 aliphatic carbocycles. The minimum absolute atomic E-state index is 0.907. The summed E-state index contributed by atoms with van der Waals surface area (Å²) in [6.45, 7) is 0. The Balaban J connectivity index is 1.29. The number of rotatable bonds is 4. The van der Waals surface area contributed by atoms with Crippen molar-refractivity contribution in [2.24, 2.45) is 0 Å². The third-order valence-electron chi connectivity index (χ3n) is 10.0. The first-order valence-corrected chi connectivity index (χ1v) is 16.8. The van der Waals surface area contributed by atoms with Crippen molar-refractivity contribution in [1.29, 1.82) is 0 Å². The molecule has 10 rings (SSSR count). The van der Waals surface area contributed by atoms with Crippen LogP contribution in [0.5, 0.6) is 0 Å². The Labute approximate surface area is 284 Å². The molecule has 0 bridgehead atoms. The molecular formula is C48H30O. The topological polar surface area (TPSA) is 13.1 Å². The zero-order valence-electron chi connectivity index (χ0n) is 26.7. The Kier molecular flexibility index (Phi) is 6.25. The normalized spacial score (nSPS) is 11.7. The van der Waals surface area contributed by atoms with Crippen LogP contribution >= 0.6 is 0 Å². The fraction of sp³-hybridized carbons (Fsp3) is 0. The molecule has 0 saturated heterocycles. The predicted octanol–water partition coefficient (Wildman–Crippen LogP) is 13.7. The van der Waals surface area contributed by atoms with E-state index in [1.807, 2.05) is 0 Å². The van der Waals surface area contributed by atoms with Gasteiger partial charge < -0.3 is 4.42 Å². The maximum Gasteiger partial charge on any atom is 0.136 e. The zero-order valence-corrected chi connectivity index (χ0v) is 26.7. The molecule has 49 heavy (non-hydrogen) atoms. The first-order chi connectivity index (χ1) is 24.3. The zero-order chi connectivity index (χ0) is 32.3. The maximum atomic E-state index is 6.54. The Bertz CT molecular complexity index is 2800. The lowest BCUT2D eigenvalue weighted by atomic mass is 9.83. The Morgan fingerprint density at radius 1 is 0.286 bits per heavy atom. The summed E-state index contributed by atoms with van der Waals surface area (Å²) in [5.74, 6) is 0. The summed E-state index contributed by atoms with van der Waals surface area (Å²) in [7, 11) is 0. The molecule has 0 unspecified atom stereocenters. The molecule has 0 atom stereocenters. The average Bonchev–Trinajstić information content (AvgIpc) is 3.54. The van der Waals surface area contributed by atoms with E-state index < -0.39 is 0 Å². The average molecular weight is 623 g/mol. The largest absolute Gasteiger partial charge is 0.456 e. The molecule has 0 amide bonds. The van der Waals surface area contributed by atoms with Gasteiger partial charge in [-0.15, -0.1) is 0 Å². The molecule has 1 nitrogen and oxygen atoms in total. The summed E-state index contributed by atoms with van der Waals surface area (Å²) in [5.41, 5.74) is 11.6. The highest BCUT2D eigenvalue weighted by Crippen LogP contribution is 2.48. The van der Waals surface area contributed by atoms with Gasteiger partial charge in [0.15, 0.2) is 0 Å². The number of hydrogen-bond donors (Lipinski definition) is 0. The third-order valence-corrected chi connectivity index (χ3v) is 10.0. The molecule has 0 fully saturated rings. The van der Waals surface area contributed by atoms with Gasteiger partial charge in [-0.2, -0.15) is 0 Å². The van der Waals surface area contributed by atoms with Gasteiger partial charge in [0.05, 0.1) is 0 Å². The van der Waals surface area contributed by atoms with Crippen molar-refractivity contribution in [2.45, 2.75) is 0 Å². The number of furan rings is 1. The van der Waals surface area contributed by atoms with E-state index in [1.54, 1.807) is 0 Å². The van der Waals surface area contributed by atoms with Crippen molar-refractivity contribution in [3.8, 4) is 44.5 Å². The second kappa shape index (κ2) is 11.1. The lowest BCUT2D eigenvalue weighted by Crippen LogP contribution is -1.93. The van der Waals surface area contributed by atoms with Gasteiger partial charge in [-0.3, -0.25) is 0 Å². The second-order valence-corrected chi connectivity index (χ2v) is 12.8. The molecule has 9 aromatic carbocycles. The summed E-state index contributed by atoms with van der Waals surface area (Å²) in [6, 6.07) is 65.8. The van der Waals surface area contributed by atoms with Crippen LogP contribution in [-0.2, 0) is 0 Å². The Hall–Kier alpha value is -6.44. The van der Waals surface area contributed by atoms with Crippen molar-refractivity contribution in [2.75, 3.05) is 0 Å². The number of hydrogen-bond acceptors (Lipinski definition) is 1. The fourth-order valence-corrected chi connectivity index (χ4v) is 7.88. The first kappa shape index (κ1) is 27.7. The van der Waals surface area contributed by atoms with E-state index in [1.165, 1.54) is 76.8 Å². The molecule has 0 spiro atoms. The van der Waals surface area contributed by atoms with Crippen molar-refractivity contribution < 1.29 is 4.42 Å². The molecular weight excluding hydrogens is 593 g/mol. The van der Waals surface area contributed by atoms with E-state index in [2.05, 4.69) is 182 Å². The van der Waals surface area contributed by atoms with E-state index >= 15 is 0 Å². The summed E-state index contributed by atoms with van der Waals surface area (Å²) >= 11 is 0. The molecule has 0 radical (unpaired) electrons. The second-order valence-electron chi connectivity index (χ2n) is 12.8. The van der Waals surface area contributed by atoms with Gasteiger partial charge in [0.2, 0.25) is 0 Å². The highest BCUT2D eigenvalue weighted by molar-refractivity contribution is 6.26. The van der Waals surface area contributed by atoms with Crippen LogP contribution in [0.25, 0.3) is 98.8 Å². The van der Waals surface area contributed by atoms with E-state index in [4.69, 9.17) is 4.42 Å². The first-order valence-electron chi connectivity index (χ1n) is 16.8. The van der Waals surface area contributed by atoms with Gasteiger partial charge in [-0.25, -0.2) is 0 Å². The maximum absolute atomic E-state index is 6.54. The van der Waals surface area contributed by atoms with E-state index in [-0.39, 0.29) is 0 Å². The van der Waals surface area contributed by atoms with Crippen LogP contribution in [0.3, 0.4) is 0 Å². The van der Waals surface area contributed by atoms with Crippen LogP contribution in [0.4, 0.5) is 0 Å². The van der Waals surface area contributed by atoms with Crippen LogP contribution in [0.2, 0.25) is 0 Å². The van der Waals surface area contributed by atoms with Crippen LogP contribution in [0, 0.1) is 0 Å². The molecule has 0 aliphatic heterocycles. The Morgan fingerprint density at radius 3 is 1.49 bits per heavy atom. The predicted molar refractivity (Wildman–Crippen MR) is 208 cm³/mol. The quantitative estimate of drug-likeness (QED) is 0.178. The molecule has 1 heterocycles. The van der Waals surface area contributed by atoms with Gasteiger partial charge in [-0.05, 0) is 101 Å². The lowest BCUT2D eigenvalue weighted by Gasteiger charge is -2.19. The highest BCUT2D eigenvalue weighted by Gasteiger charge is 2.21. The van der Waals surface area contributed by atoms with Crippen LogP contribution in [0.1, 0.15) is 0 Å². The summed E-state index contributed by atoms with van der Waals surface area (Å²) in [4.78, 5) is 0. The molecule has 10 aromatic rings. The van der Waals surface area contributed by atoms with Crippen LogP contribution in [-0.4, -0.2) is 0 Å². The smallest absolute Gasteiger partial charge is 0.136 e.